The fraction of sp³-hybridized carbons (Fsp3) is 0.385. The molecule has 4 nitrogen and oxygen atoms in total. The van der Waals surface area contributed by atoms with Crippen molar-refractivity contribution in [1.29, 1.82) is 0 Å². The van der Waals surface area contributed by atoms with Gasteiger partial charge in [-0.05, 0) is 39.0 Å². The molecule has 98 valence electrons. The van der Waals surface area contributed by atoms with E-state index in [1.807, 2.05) is 0 Å². The number of Topliss-reactive ketones (excluding diaryl/α,β-unsaturated/α-hetero) is 1. The molecule has 0 atom stereocenters. The number of hydrogen-bond donors (Lipinski definition) is 0. The number of esters is 1. The van der Waals surface area contributed by atoms with Gasteiger partial charge in [0.25, 0.3) is 0 Å². The summed E-state index contributed by atoms with van der Waals surface area (Å²) in [4.78, 5) is 22.5. The van der Waals surface area contributed by atoms with Crippen molar-refractivity contribution in [3.05, 3.63) is 29.6 Å². The van der Waals surface area contributed by atoms with Gasteiger partial charge in [0.05, 0.1) is 11.7 Å². The van der Waals surface area contributed by atoms with Crippen LogP contribution in [0.4, 0.5) is 4.39 Å². The highest BCUT2D eigenvalue weighted by Gasteiger charge is 2.12. The summed E-state index contributed by atoms with van der Waals surface area (Å²) in [6.45, 7) is 4.42. The standard InChI is InChI=1S/C13H15FO4/c1-8(2)18-13(16)7-17-12-5-4-10(14)6-11(12)9(3)15/h4-6,8H,7H2,1-3H3. The summed E-state index contributed by atoms with van der Waals surface area (Å²) in [6, 6.07) is 3.55. The SMILES string of the molecule is CC(=O)c1cc(F)ccc1OCC(=O)OC(C)C. The molecule has 0 N–H and O–H groups in total. The summed E-state index contributed by atoms with van der Waals surface area (Å²) >= 11 is 0. The first-order valence-corrected chi connectivity index (χ1v) is 5.53. The topological polar surface area (TPSA) is 52.6 Å². The lowest BCUT2D eigenvalue weighted by atomic mass is 10.1. The number of carbonyl (C=O) groups is 2. The number of ether oxygens (including phenoxy) is 2. The van der Waals surface area contributed by atoms with E-state index in [0.717, 1.165) is 12.1 Å². The monoisotopic (exact) mass is 254 g/mol. The maximum Gasteiger partial charge on any atom is 0.344 e. The van der Waals surface area contributed by atoms with E-state index >= 15 is 0 Å². The molecule has 0 aliphatic carbocycles. The van der Waals surface area contributed by atoms with Crippen molar-refractivity contribution in [3.8, 4) is 5.75 Å². The van der Waals surface area contributed by atoms with Crippen LogP contribution in [-0.2, 0) is 9.53 Å². The first-order valence-electron chi connectivity index (χ1n) is 5.53. The summed E-state index contributed by atoms with van der Waals surface area (Å²) in [7, 11) is 0. The van der Waals surface area contributed by atoms with Crippen molar-refractivity contribution >= 4 is 11.8 Å². The Balaban J connectivity index is 2.73. The van der Waals surface area contributed by atoms with Gasteiger partial charge in [-0.15, -0.1) is 0 Å². The molecule has 0 aliphatic heterocycles. The third kappa shape index (κ3) is 4.16. The Hall–Kier alpha value is -1.91. The summed E-state index contributed by atoms with van der Waals surface area (Å²) in [5.74, 6) is -1.23. The van der Waals surface area contributed by atoms with Crippen molar-refractivity contribution < 1.29 is 23.5 Å². The van der Waals surface area contributed by atoms with Gasteiger partial charge in [0.15, 0.2) is 12.4 Å². The molecule has 0 saturated carbocycles. The predicted molar refractivity (Wildman–Crippen MR) is 63.1 cm³/mol. The average molecular weight is 254 g/mol. The third-order valence-corrected chi connectivity index (χ3v) is 2.03. The zero-order chi connectivity index (χ0) is 13.7. The Morgan fingerprint density at radius 1 is 1.33 bits per heavy atom. The van der Waals surface area contributed by atoms with Gasteiger partial charge < -0.3 is 9.47 Å². The first kappa shape index (κ1) is 14.2. The van der Waals surface area contributed by atoms with Gasteiger partial charge in [-0.3, -0.25) is 4.79 Å². The second kappa shape index (κ2) is 6.14. The van der Waals surface area contributed by atoms with E-state index in [-0.39, 0.29) is 29.8 Å². The highest BCUT2D eigenvalue weighted by Crippen LogP contribution is 2.20. The number of halogens is 1. The first-order chi connectivity index (χ1) is 8.40. The lowest BCUT2D eigenvalue weighted by molar-refractivity contribution is -0.149. The summed E-state index contributed by atoms with van der Waals surface area (Å²) in [6.07, 6.45) is -0.235. The van der Waals surface area contributed by atoms with Crippen LogP contribution in [0.2, 0.25) is 0 Å². The normalized spacial score (nSPS) is 10.3. The zero-order valence-electron chi connectivity index (χ0n) is 10.5. The third-order valence-electron chi connectivity index (χ3n) is 2.03. The summed E-state index contributed by atoms with van der Waals surface area (Å²) < 4.78 is 23.0. The van der Waals surface area contributed by atoms with E-state index in [2.05, 4.69) is 0 Å². The van der Waals surface area contributed by atoms with Crippen LogP contribution in [0.1, 0.15) is 31.1 Å². The van der Waals surface area contributed by atoms with E-state index in [1.165, 1.54) is 13.0 Å². The minimum Gasteiger partial charge on any atom is -0.481 e. The fourth-order valence-corrected chi connectivity index (χ4v) is 1.34. The minimum atomic E-state index is -0.538. The van der Waals surface area contributed by atoms with E-state index in [9.17, 15) is 14.0 Å². The summed E-state index contributed by atoms with van der Waals surface area (Å²) in [5.41, 5.74) is 0.104. The Morgan fingerprint density at radius 2 is 2.00 bits per heavy atom. The van der Waals surface area contributed by atoms with Gasteiger partial charge >= 0.3 is 5.97 Å². The molecule has 0 spiro atoms. The Bertz CT molecular complexity index is 454. The van der Waals surface area contributed by atoms with Crippen LogP contribution in [0.3, 0.4) is 0 Å². The number of rotatable bonds is 5. The molecule has 0 radical (unpaired) electrons. The van der Waals surface area contributed by atoms with Crippen LogP contribution in [0.15, 0.2) is 18.2 Å². The van der Waals surface area contributed by atoms with E-state index in [0.29, 0.717) is 0 Å². The van der Waals surface area contributed by atoms with Crippen molar-refractivity contribution in [2.24, 2.45) is 0 Å². The molecule has 5 heteroatoms. The van der Waals surface area contributed by atoms with E-state index in [1.54, 1.807) is 13.8 Å². The molecule has 1 rings (SSSR count). The zero-order valence-corrected chi connectivity index (χ0v) is 10.5. The average Bonchev–Trinajstić information content (AvgIpc) is 2.26. The molecule has 0 saturated heterocycles. The highest BCUT2D eigenvalue weighted by atomic mass is 19.1. The van der Waals surface area contributed by atoms with Crippen molar-refractivity contribution in [2.45, 2.75) is 26.9 Å². The molecule has 1 aromatic rings. The quantitative estimate of drug-likeness (QED) is 0.598. The number of ketones is 1. The lowest BCUT2D eigenvalue weighted by Gasteiger charge is -2.11. The molecule has 0 aromatic heterocycles. The maximum atomic E-state index is 13.0. The van der Waals surface area contributed by atoms with E-state index < -0.39 is 11.8 Å². The predicted octanol–water partition coefficient (Wildman–Crippen LogP) is 2.36. The Morgan fingerprint density at radius 3 is 2.56 bits per heavy atom. The van der Waals surface area contributed by atoms with Gasteiger partial charge in [0.1, 0.15) is 11.6 Å². The molecule has 0 heterocycles. The van der Waals surface area contributed by atoms with Crippen molar-refractivity contribution in [2.75, 3.05) is 6.61 Å². The molecule has 1 aromatic carbocycles. The van der Waals surface area contributed by atoms with Crippen LogP contribution in [0.5, 0.6) is 5.75 Å². The van der Waals surface area contributed by atoms with Crippen LogP contribution in [0.25, 0.3) is 0 Å². The van der Waals surface area contributed by atoms with Crippen molar-refractivity contribution in [3.63, 3.8) is 0 Å². The fourth-order valence-electron chi connectivity index (χ4n) is 1.34. The minimum absolute atomic E-state index is 0.104. The molecule has 18 heavy (non-hydrogen) atoms. The van der Waals surface area contributed by atoms with Crippen molar-refractivity contribution in [1.82, 2.24) is 0 Å². The number of hydrogen-bond acceptors (Lipinski definition) is 4. The second-order valence-corrected chi connectivity index (χ2v) is 4.02. The molecular weight excluding hydrogens is 239 g/mol. The number of benzene rings is 1. The maximum absolute atomic E-state index is 13.0. The van der Waals surface area contributed by atoms with Gasteiger partial charge in [-0.2, -0.15) is 0 Å². The molecule has 0 amide bonds. The molecule has 0 unspecified atom stereocenters. The van der Waals surface area contributed by atoms with E-state index in [4.69, 9.17) is 9.47 Å². The highest BCUT2D eigenvalue weighted by molar-refractivity contribution is 5.96. The molecule has 0 bridgehead atoms. The Labute approximate surface area is 105 Å². The van der Waals surface area contributed by atoms with Crippen LogP contribution < -0.4 is 4.74 Å². The van der Waals surface area contributed by atoms with Gasteiger partial charge in [-0.1, -0.05) is 0 Å². The smallest absolute Gasteiger partial charge is 0.344 e. The molecular formula is C13H15FO4. The van der Waals surface area contributed by atoms with Gasteiger partial charge in [-0.25, -0.2) is 9.18 Å². The van der Waals surface area contributed by atoms with Crippen LogP contribution >= 0.6 is 0 Å². The van der Waals surface area contributed by atoms with Gasteiger partial charge in [0.2, 0.25) is 0 Å². The molecule has 0 aliphatic rings. The largest absolute Gasteiger partial charge is 0.481 e. The Kier molecular flexibility index (Phi) is 4.83. The second-order valence-electron chi connectivity index (χ2n) is 4.02. The number of carbonyl (C=O) groups excluding carboxylic acids is 2. The van der Waals surface area contributed by atoms with Gasteiger partial charge in [0, 0.05) is 0 Å². The van der Waals surface area contributed by atoms with Crippen LogP contribution in [0, 0.1) is 5.82 Å². The molecule has 0 fully saturated rings. The van der Waals surface area contributed by atoms with Crippen LogP contribution in [-0.4, -0.2) is 24.5 Å². The summed E-state index contributed by atoms with van der Waals surface area (Å²) in [5, 5.41) is 0. The lowest BCUT2D eigenvalue weighted by Crippen LogP contribution is -2.19.